The van der Waals surface area contributed by atoms with Gasteiger partial charge in [-0.25, -0.2) is 4.68 Å². The van der Waals surface area contributed by atoms with Crippen molar-refractivity contribution >= 4 is 0 Å². The number of nitrogens with one attached hydrogen (secondary N) is 1. The number of ether oxygens (including phenoxy) is 1. The molecule has 19 heavy (non-hydrogen) atoms. The minimum Gasteiger partial charge on any atom is -0.494 e. The van der Waals surface area contributed by atoms with E-state index in [4.69, 9.17) is 4.74 Å². The van der Waals surface area contributed by atoms with E-state index in [9.17, 15) is 0 Å². The number of rotatable bonds is 3. The van der Waals surface area contributed by atoms with Gasteiger partial charge in [-0.3, -0.25) is 0 Å². The van der Waals surface area contributed by atoms with Gasteiger partial charge in [0.15, 0.2) is 0 Å². The summed E-state index contributed by atoms with van der Waals surface area (Å²) in [5, 5.41) is 7.88. The summed E-state index contributed by atoms with van der Waals surface area (Å²) in [6, 6.07) is 7.96. The normalized spacial score (nSPS) is 16.5. The molecule has 3 rings (SSSR count). The molecule has 1 aliphatic heterocycles. The van der Waals surface area contributed by atoms with Crippen molar-refractivity contribution in [2.24, 2.45) is 0 Å². The molecular weight excluding hydrogens is 238 g/mol. The maximum absolute atomic E-state index is 5.38. The predicted octanol–water partition coefficient (Wildman–Crippen LogP) is 2.35. The Kier molecular flexibility index (Phi) is 3.51. The molecule has 2 heterocycles. The van der Waals surface area contributed by atoms with Gasteiger partial charge in [0.25, 0.3) is 0 Å². The lowest BCUT2D eigenvalue weighted by Gasteiger charge is -2.21. The smallest absolute Gasteiger partial charge is 0.144 e. The largest absolute Gasteiger partial charge is 0.494 e. The second-order valence-electron chi connectivity index (χ2n) is 4.91. The van der Waals surface area contributed by atoms with Crippen molar-refractivity contribution in [3.8, 4) is 11.4 Å². The first-order valence-electron chi connectivity index (χ1n) is 6.77. The molecule has 1 fully saturated rings. The van der Waals surface area contributed by atoms with Crippen LogP contribution in [0.1, 0.15) is 24.3 Å². The van der Waals surface area contributed by atoms with Gasteiger partial charge in [-0.2, -0.15) is 5.10 Å². The Morgan fingerprint density at radius 2 is 2.05 bits per heavy atom. The highest BCUT2D eigenvalue weighted by Crippen LogP contribution is 2.27. The van der Waals surface area contributed by atoms with Crippen molar-refractivity contribution in [2.45, 2.75) is 18.8 Å². The molecule has 100 valence electrons. The van der Waals surface area contributed by atoms with Crippen molar-refractivity contribution in [1.29, 1.82) is 0 Å². The van der Waals surface area contributed by atoms with E-state index in [1.54, 1.807) is 7.11 Å². The molecule has 0 spiro atoms. The Morgan fingerprint density at radius 3 is 2.84 bits per heavy atom. The van der Waals surface area contributed by atoms with E-state index in [0.717, 1.165) is 24.5 Å². The molecule has 0 radical (unpaired) electrons. The van der Waals surface area contributed by atoms with Crippen molar-refractivity contribution < 1.29 is 4.74 Å². The quantitative estimate of drug-likeness (QED) is 0.917. The van der Waals surface area contributed by atoms with E-state index in [2.05, 4.69) is 16.6 Å². The van der Waals surface area contributed by atoms with E-state index in [1.165, 1.54) is 18.4 Å². The summed E-state index contributed by atoms with van der Waals surface area (Å²) < 4.78 is 7.30. The van der Waals surface area contributed by atoms with Crippen LogP contribution in [0.2, 0.25) is 0 Å². The number of benzene rings is 1. The van der Waals surface area contributed by atoms with Gasteiger partial charge in [0.2, 0.25) is 0 Å². The maximum Gasteiger partial charge on any atom is 0.144 e. The number of aromatic nitrogens is 2. The molecule has 2 aromatic rings. The first kappa shape index (κ1) is 12.2. The molecule has 0 atom stereocenters. The zero-order valence-electron chi connectivity index (χ0n) is 11.2. The lowest BCUT2D eigenvalue weighted by Crippen LogP contribution is -2.26. The topological polar surface area (TPSA) is 39.1 Å². The van der Waals surface area contributed by atoms with Crippen molar-refractivity contribution in [2.75, 3.05) is 20.2 Å². The molecule has 1 aromatic carbocycles. The van der Waals surface area contributed by atoms with Crippen LogP contribution in [0, 0.1) is 0 Å². The van der Waals surface area contributed by atoms with E-state index < -0.39 is 0 Å². The molecule has 1 aliphatic rings. The van der Waals surface area contributed by atoms with Crippen LogP contribution in [-0.4, -0.2) is 30.0 Å². The molecule has 0 saturated carbocycles. The third kappa shape index (κ3) is 2.49. The van der Waals surface area contributed by atoms with Gasteiger partial charge in [0.1, 0.15) is 11.4 Å². The van der Waals surface area contributed by atoms with Crippen molar-refractivity contribution in [1.82, 2.24) is 15.1 Å². The fraction of sp³-hybridized carbons (Fsp3) is 0.400. The summed E-state index contributed by atoms with van der Waals surface area (Å²) in [7, 11) is 1.69. The lowest BCUT2D eigenvalue weighted by atomic mass is 9.93. The molecule has 4 heteroatoms. The molecule has 0 aliphatic carbocycles. The van der Waals surface area contributed by atoms with Crippen LogP contribution in [0.5, 0.6) is 5.75 Å². The van der Waals surface area contributed by atoms with Crippen LogP contribution < -0.4 is 10.1 Å². The van der Waals surface area contributed by atoms with Crippen LogP contribution in [0.25, 0.3) is 5.69 Å². The van der Waals surface area contributed by atoms with Crippen LogP contribution in [0.3, 0.4) is 0 Å². The molecular formula is C15H19N3O. The van der Waals surface area contributed by atoms with Crippen LogP contribution in [0.15, 0.2) is 36.7 Å². The predicted molar refractivity (Wildman–Crippen MR) is 75.0 cm³/mol. The first-order chi connectivity index (χ1) is 9.38. The highest BCUT2D eigenvalue weighted by Gasteiger charge is 2.17. The Morgan fingerprint density at radius 1 is 1.26 bits per heavy atom. The third-order valence-corrected chi connectivity index (χ3v) is 3.75. The Labute approximate surface area is 113 Å². The standard InChI is InChI=1S/C15H19N3O/c1-19-15-5-3-2-4-14(15)18-11-13(10-17-18)12-6-8-16-9-7-12/h2-5,10-12,16H,6-9H2,1H3. The highest BCUT2D eigenvalue weighted by molar-refractivity contribution is 5.46. The second kappa shape index (κ2) is 5.45. The number of piperidine rings is 1. The third-order valence-electron chi connectivity index (χ3n) is 3.75. The van der Waals surface area contributed by atoms with Gasteiger partial charge in [-0.05, 0) is 49.5 Å². The summed E-state index contributed by atoms with van der Waals surface area (Å²) in [5.41, 5.74) is 2.32. The van der Waals surface area contributed by atoms with Gasteiger partial charge in [0, 0.05) is 6.20 Å². The van der Waals surface area contributed by atoms with Gasteiger partial charge in [-0.1, -0.05) is 12.1 Å². The number of hydrogen-bond donors (Lipinski definition) is 1. The Bertz CT molecular complexity index is 544. The molecule has 4 nitrogen and oxygen atoms in total. The molecule has 1 aromatic heterocycles. The van der Waals surface area contributed by atoms with Crippen molar-refractivity contribution in [3.05, 3.63) is 42.2 Å². The van der Waals surface area contributed by atoms with Crippen LogP contribution in [-0.2, 0) is 0 Å². The zero-order chi connectivity index (χ0) is 13.1. The summed E-state index contributed by atoms with van der Waals surface area (Å²) in [6.45, 7) is 2.20. The molecule has 0 amide bonds. The van der Waals surface area contributed by atoms with Gasteiger partial charge < -0.3 is 10.1 Å². The van der Waals surface area contributed by atoms with Crippen LogP contribution >= 0.6 is 0 Å². The van der Waals surface area contributed by atoms with E-state index >= 15 is 0 Å². The number of hydrogen-bond acceptors (Lipinski definition) is 3. The monoisotopic (exact) mass is 257 g/mol. The fourth-order valence-corrected chi connectivity index (χ4v) is 2.65. The van der Waals surface area contributed by atoms with Gasteiger partial charge >= 0.3 is 0 Å². The van der Waals surface area contributed by atoms with Gasteiger partial charge in [-0.15, -0.1) is 0 Å². The Balaban J connectivity index is 1.88. The maximum atomic E-state index is 5.38. The molecule has 0 unspecified atom stereocenters. The summed E-state index contributed by atoms with van der Waals surface area (Å²) in [6.07, 6.45) is 6.51. The lowest BCUT2D eigenvalue weighted by molar-refractivity contribution is 0.411. The zero-order valence-corrected chi connectivity index (χ0v) is 11.2. The van der Waals surface area contributed by atoms with E-state index in [1.807, 2.05) is 35.1 Å². The summed E-state index contributed by atoms with van der Waals surface area (Å²) in [4.78, 5) is 0. The highest BCUT2D eigenvalue weighted by atomic mass is 16.5. The fourth-order valence-electron chi connectivity index (χ4n) is 2.65. The molecule has 0 bridgehead atoms. The van der Waals surface area contributed by atoms with Crippen LogP contribution in [0.4, 0.5) is 0 Å². The van der Waals surface area contributed by atoms with E-state index in [-0.39, 0.29) is 0 Å². The molecule has 1 N–H and O–H groups in total. The average Bonchev–Trinajstić information content (AvgIpc) is 2.98. The number of methoxy groups -OCH3 is 1. The first-order valence-corrected chi connectivity index (χ1v) is 6.77. The minimum absolute atomic E-state index is 0.629. The second-order valence-corrected chi connectivity index (χ2v) is 4.91. The number of nitrogens with zero attached hydrogens (tertiary/aromatic N) is 2. The summed E-state index contributed by atoms with van der Waals surface area (Å²) in [5.74, 6) is 1.48. The SMILES string of the molecule is COc1ccccc1-n1cc(C2CCNCC2)cn1. The molecule has 1 saturated heterocycles. The van der Waals surface area contributed by atoms with E-state index in [0.29, 0.717) is 5.92 Å². The van der Waals surface area contributed by atoms with Gasteiger partial charge in [0.05, 0.1) is 13.3 Å². The Hall–Kier alpha value is -1.81. The minimum atomic E-state index is 0.629. The average molecular weight is 257 g/mol. The van der Waals surface area contributed by atoms with Crippen molar-refractivity contribution in [3.63, 3.8) is 0 Å². The summed E-state index contributed by atoms with van der Waals surface area (Å²) >= 11 is 0. The number of para-hydroxylation sites is 2.